The highest BCUT2D eigenvalue weighted by atomic mass is 19.1. The van der Waals surface area contributed by atoms with Crippen molar-refractivity contribution in [2.45, 2.75) is 13.8 Å². The van der Waals surface area contributed by atoms with E-state index in [0.29, 0.717) is 10.6 Å². The molecule has 0 aliphatic rings. The molecule has 0 bridgehead atoms. The lowest BCUT2D eigenvalue weighted by Crippen LogP contribution is -2.29. The molecular formula is C7H11FN2O2. The molecule has 0 spiro atoms. The summed E-state index contributed by atoms with van der Waals surface area (Å²) >= 11 is 0. The molecule has 1 N–H and O–H groups in total. The fraction of sp³-hybridized carbons (Fsp3) is 0.429. The lowest BCUT2D eigenvalue weighted by molar-refractivity contribution is 0.503. The van der Waals surface area contributed by atoms with Crippen molar-refractivity contribution in [2.24, 2.45) is 7.05 Å². The normalized spacial score (nSPS) is 8.67. The third-order valence-electron chi connectivity index (χ3n) is 1.11. The minimum absolute atomic E-state index is 0.710. The molecule has 0 saturated heterocycles. The Morgan fingerprint density at radius 2 is 1.92 bits per heavy atom. The van der Waals surface area contributed by atoms with Crippen LogP contribution in [0.1, 0.15) is 13.8 Å². The number of hydrogen-bond acceptors (Lipinski definition) is 2. The van der Waals surface area contributed by atoms with Crippen molar-refractivity contribution in [3.05, 3.63) is 32.9 Å². The highest BCUT2D eigenvalue weighted by molar-refractivity contribution is 4.84. The summed E-state index contributed by atoms with van der Waals surface area (Å²) in [6.45, 7) is 4.00. The van der Waals surface area contributed by atoms with Gasteiger partial charge in [-0.3, -0.25) is 14.3 Å². The lowest BCUT2D eigenvalue weighted by atomic mass is 10.6. The second-order valence-corrected chi connectivity index (χ2v) is 1.82. The van der Waals surface area contributed by atoms with Crippen molar-refractivity contribution in [3.63, 3.8) is 0 Å². The van der Waals surface area contributed by atoms with Gasteiger partial charge in [-0.15, -0.1) is 0 Å². The van der Waals surface area contributed by atoms with E-state index in [1.54, 1.807) is 0 Å². The minimum atomic E-state index is -0.839. The third kappa shape index (κ3) is 2.34. The van der Waals surface area contributed by atoms with E-state index in [1.165, 1.54) is 7.05 Å². The number of halogens is 1. The molecule has 1 aromatic heterocycles. The number of nitrogens with zero attached hydrogens (tertiary/aromatic N) is 1. The van der Waals surface area contributed by atoms with Crippen LogP contribution in [0.25, 0.3) is 0 Å². The van der Waals surface area contributed by atoms with Gasteiger partial charge in [0.15, 0.2) is 0 Å². The summed E-state index contributed by atoms with van der Waals surface area (Å²) in [5, 5.41) is 0. The van der Waals surface area contributed by atoms with Gasteiger partial charge in [-0.25, -0.2) is 4.79 Å². The number of nitrogens with one attached hydrogen (secondary N) is 1. The van der Waals surface area contributed by atoms with Crippen LogP contribution in [0, 0.1) is 5.95 Å². The van der Waals surface area contributed by atoms with Crippen molar-refractivity contribution in [1.29, 1.82) is 0 Å². The van der Waals surface area contributed by atoms with Crippen LogP contribution in [0.5, 0.6) is 0 Å². The zero-order valence-corrected chi connectivity index (χ0v) is 7.22. The average Bonchev–Trinajstić information content (AvgIpc) is 2.04. The molecule has 68 valence electrons. The first kappa shape index (κ1) is 10.6. The first-order valence-corrected chi connectivity index (χ1v) is 3.57. The Morgan fingerprint density at radius 3 is 2.33 bits per heavy atom. The van der Waals surface area contributed by atoms with Crippen LogP contribution in [-0.4, -0.2) is 9.55 Å². The largest absolute Gasteiger partial charge is 0.330 e. The quantitative estimate of drug-likeness (QED) is 0.573. The van der Waals surface area contributed by atoms with Gasteiger partial charge in [0, 0.05) is 7.05 Å². The Hall–Kier alpha value is -1.39. The monoisotopic (exact) mass is 174 g/mol. The third-order valence-corrected chi connectivity index (χ3v) is 1.11. The number of aromatic nitrogens is 2. The zero-order chi connectivity index (χ0) is 9.72. The molecule has 1 rings (SSSR count). The van der Waals surface area contributed by atoms with Crippen molar-refractivity contribution < 1.29 is 4.39 Å². The smallest absolute Gasteiger partial charge is 0.274 e. The van der Waals surface area contributed by atoms with Gasteiger partial charge in [-0.05, 0) is 0 Å². The average molecular weight is 174 g/mol. The van der Waals surface area contributed by atoms with E-state index in [0.717, 1.165) is 0 Å². The molecule has 0 amide bonds. The summed E-state index contributed by atoms with van der Waals surface area (Å²) in [4.78, 5) is 22.8. The molecule has 1 heterocycles. The van der Waals surface area contributed by atoms with Gasteiger partial charge in [-0.2, -0.15) is 4.39 Å². The molecule has 1 aromatic rings. The molecule has 12 heavy (non-hydrogen) atoms. The van der Waals surface area contributed by atoms with Crippen molar-refractivity contribution in [2.75, 3.05) is 0 Å². The Bertz CT molecular complexity index is 353. The Morgan fingerprint density at radius 1 is 1.42 bits per heavy atom. The van der Waals surface area contributed by atoms with Crippen molar-refractivity contribution in [3.8, 4) is 0 Å². The fourth-order valence-corrected chi connectivity index (χ4v) is 0.527. The predicted molar refractivity (Wildman–Crippen MR) is 43.6 cm³/mol. The van der Waals surface area contributed by atoms with Crippen LogP contribution in [0.15, 0.2) is 15.7 Å². The Labute approximate surface area is 68.7 Å². The first-order chi connectivity index (χ1) is 5.61. The van der Waals surface area contributed by atoms with Gasteiger partial charge in [0.1, 0.15) is 0 Å². The van der Waals surface area contributed by atoms with Gasteiger partial charge in [0.25, 0.3) is 5.56 Å². The maximum Gasteiger partial charge on any atom is 0.330 e. The standard InChI is InChI=1S/C5H5FN2O2.C2H6/c1-8-3(6)2-4(9)7-5(8)10;1-2/h2H,1H3,(H,7,9,10);1-2H3. The summed E-state index contributed by atoms with van der Waals surface area (Å²) in [5.41, 5.74) is -1.47. The van der Waals surface area contributed by atoms with Crippen LogP contribution in [-0.2, 0) is 7.05 Å². The SMILES string of the molecule is CC.Cn1c(F)cc(=O)[nH]c1=O. The van der Waals surface area contributed by atoms with Crippen LogP contribution in [0.4, 0.5) is 4.39 Å². The van der Waals surface area contributed by atoms with E-state index in [-0.39, 0.29) is 0 Å². The van der Waals surface area contributed by atoms with Crippen LogP contribution >= 0.6 is 0 Å². The highest BCUT2D eigenvalue weighted by Crippen LogP contribution is 1.81. The molecule has 5 heteroatoms. The molecule has 0 aromatic carbocycles. The summed E-state index contributed by atoms with van der Waals surface area (Å²) in [7, 11) is 1.23. The number of hydrogen-bond donors (Lipinski definition) is 1. The highest BCUT2D eigenvalue weighted by Gasteiger charge is 1.97. The molecule has 0 aliphatic carbocycles. The Balaban J connectivity index is 0.000000561. The van der Waals surface area contributed by atoms with Gasteiger partial charge < -0.3 is 0 Å². The lowest BCUT2D eigenvalue weighted by Gasteiger charge is -1.94. The second kappa shape index (κ2) is 4.48. The zero-order valence-electron chi connectivity index (χ0n) is 7.22. The predicted octanol–water partition coefficient (Wildman–Crippen LogP) is 0.239. The van der Waals surface area contributed by atoms with Gasteiger partial charge in [0.2, 0.25) is 5.95 Å². The molecule has 0 unspecified atom stereocenters. The maximum absolute atomic E-state index is 12.4. The van der Waals surface area contributed by atoms with Crippen LogP contribution in [0.2, 0.25) is 0 Å². The summed E-state index contributed by atoms with van der Waals surface area (Å²) in [6.07, 6.45) is 0. The van der Waals surface area contributed by atoms with Crippen molar-refractivity contribution in [1.82, 2.24) is 9.55 Å². The number of aromatic amines is 1. The van der Waals surface area contributed by atoms with Crippen LogP contribution in [0.3, 0.4) is 0 Å². The second-order valence-electron chi connectivity index (χ2n) is 1.82. The topological polar surface area (TPSA) is 54.9 Å². The fourth-order valence-electron chi connectivity index (χ4n) is 0.527. The van der Waals surface area contributed by atoms with Gasteiger partial charge in [-0.1, -0.05) is 13.8 Å². The number of H-pyrrole nitrogens is 1. The van der Waals surface area contributed by atoms with Crippen LogP contribution < -0.4 is 11.2 Å². The molecular weight excluding hydrogens is 163 g/mol. The van der Waals surface area contributed by atoms with Crippen molar-refractivity contribution >= 4 is 0 Å². The van der Waals surface area contributed by atoms with E-state index in [4.69, 9.17) is 0 Å². The van der Waals surface area contributed by atoms with E-state index in [9.17, 15) is 14.0 Å². The number of rotatable bonds is 0. The molecule has 0 radical (unpaired) electrons. The molecule has 4 nitrogen and oxygen atoms in total. The van der Waals surface area contributed by atoms with E-state index >= 15 is 0 Å². The van der Waals surface area contributed by atoms with Gasteiger partial charge >= 0.3 is 5.69 Å². The molecule has 0 atom stereocenters. The van der Waals surface area contributed by atoms with E-state index in [2.05, 4.69) is 0 Å². The molecule has 0 saturated carbocycles. The van der Waals surface area contributed by atoms with E-state index in [1.807, 2.05) is 18.8 Å². The summed E-state index contributed by atoms with van der Waals surface area (Å²) in [6, 6.07) is 0.710. The first-order valence-electron chi connectivity index (χ1n) is 3.57. The van der Waals surface area contributed by atoms with Gasteiger partial charge in [0.05, 0.1) is 6.07 Å². The molecule has 0 aliphatic heterocycles. The Kier molecular flexibility index (Phi) is 3.96. The summed E-state index contributed by atoms with van der Waals surface area (Å²) < 4.78 is 13.1. The minimum Gasteiger partial charge on any atom is -0.274 e. The maximum atomic E-state index is 12.4. The molecule has 0 fully saturated rings. The van der Waals surface area contributed by atoms with E-state index < -0.39 is 17.2 Å². The summed E-state index contributed by atoms with van der Waals surface area (Å²) in [5.74, 6) is -0.839.